The molecular weight excluding hydrogens is 524 g/mol. The molecule has 0 amide bonds. The van der Waals surface area contributed by atoms with Gasteiger partial charge in [-0.25, -0.2) is 0 Å². The molecule has 0 atom stereocenters. The van der Waals surface area contributed by atoms with E-state index in [-0.39, 0.29) is 61.0 Å². The summed E-state index contributed by atoms with van der Waals surface area (Å²) in [6.07, 6.45) is 16.8. The molecule has 0 saturated carbocycles. The maximum atomic E-state index is 9.92. The van der Waals surface area contributed by atoms with Crippen molar-refractivity contribution in [3.8, 4) is 0 Å². The average Bonchev–Trinajstić information content (AvgIpc) is 2.68. The van der Waals surface area contributed by atoms with Gasteiger partial charge in [-0.05, 0) is 38.5 Å². The van der Waals surface area contributed by atoms with E-state index in [0.717, 1.165) is 57.8 Å². The van der Waals surface area contributed by atoms with Crippen molar-refractivity contribution >= 4 is 17.9 Å². The number of hydrogen-bond acceptors (Lipinski definition) is 6. The monoisotopic (exact) mass is 569 g/mol. The molecule has 181 valence electrons. The molecule has 6 nitrogen and oxygen atoms in total. The van der Waals surface area contributed by atoms with Gasteiger partial charge in [0.1, 0.15) is 0 Å². The van der Waals surface area contributed by atoms with Crippen LogP contribution in [0.3, 0.4) is 0 Å². The van der Waals surface area contributed by atoms with Crippen molar-refractivity contribution in [2.24, 2.45) is 0 Å². The van der Waals surface area contributed by atoms with Crippen molar-refractivity contribution in [3.63, 3.8) is 0 Å². The zero-order valence-electron chi connectivity index (χ0n) is 20.2. The quantitative estimate of drug-likeness (QED) is 0.234. The summed E-state index contributed by atoms with van der Waals surface area (Å²) >= 11 is 0. The van der Waals surface area contributed by atoms with Crippen LogP contribution in [-0.2, 0) is 14.4 Å². The van der Waals surface area contributed by atoms with Crippen molar-refractivity contribution in [2.75, 3.05) is 0 Å². The van der Waals surface area contributed by atoms with Gasteiger partial charge in [-0.1, -0.05) is 97.8 Å². The van der Waals surface area contributed by atoms with Crippen molar-refractivity contribution in [3.05, 3.63) is 0 Å². The third kappa shape index (κ3) is 53.2. The van der Waals surface area contributed by atoms with Gasteiger partial charge in [0.05, 0.1) is 0 Å². The van der Waals surface area contributed by atoms with Gasteiger partial charge in [0.2, 0.25) is 0 Å². The van der Waals surface area contributed by atoms with Crippen LogP contribution >= 0.6 is 0 Å². The summed E-state index contributed by atoms with van der Waals surface area (Å²) < 4.78 is 0. The van der Waals surface area contributed by atoms with Crippen molar-refractivity contribution < 1.29 is 71.5 Å². The Labute approximate surface area is 224 Å². The minimum atomic E-state index is -0.920. The Hall–Kier alpha value is -0.213. The fraction of sp³-hybridized carbons (Fsp3) is 0.875. The van der Waals surface area contributed by atoms with Gasteiger partial charge < -0.3 is 29.7 Å². The normalized spacial score (nSPS) is 9.39. The molecule has 0 aliphatic rings. The van der Waals surface area contributed by atoms with Gasteiger partial charge in [-0.3, -0.25) is 0 Å². The zero-order chi connectivity index (χ0) is 23.5. The van der Waals surface area contributed by atoms with Crippen molar-refractivity contribution in [1.29, 1.82) is 0 Å². The largest absolute Gasteiger partial charge is 3.00 e. The molecule has 31 heavy (non-hydrogen) atoms. The summed E-state index contributed by atoms with van der Waals surface area (Å²) in [5.41, 5.74) is 0. The molecule has 0 spiro atoms. The molecule has 0 bridgehead atoms. The van der Waals surface area contributed by atoms with E-state index < -0.39 is 17.9 Å². The van der Waals surface area contributed by atoms with E-state index in [1.54, 1.807) is 0 Å². The van der Waals surface area contributed by atoms with Gasteiger partial charge in [0, 0.05) is 17.9 Å². The Morgan fingerprint density at radius 1 is 0.419 bits per heavy atom. The predicted molar refractivity (Wildman–Crippen MR) is 115 cm³/mol. The first-order valence-electron chi connectivity index (χ1n) is 11.9. The standard InChI is InChI=1S/3C8H16O2.Ce/c3*1-2-3-4-5-6-7-8(9)10;/h3*2-7H2,1H3,(H,9,10);/q;;;+3/p-3. The van der Waals surface area contributed by atoms with Crippen LogP contribution in [0.4, 0.5) is 0 Å². The number of carbonyl (C=O) groups is 3. The number of unbranched alkanes of at least 4 members (excludes halogenated alkanes) is 12. The average molecular weight is 570 g/mol. The summed E-state index contributed by atoms with van der Waals surface area (Å²) in [4.78, 5) is 29.8. The van der Waals surface area contributed by atoms with E-state index >= 15 is 0 Å². The molecule has 0 aromatic heterocycles. The van der Waals surface area contributed by atoms with Crippen LogP contribution in [0.2, 0.25) is 0 Å². The van der Waals surface area contributed by atoms with Gasteiger partial charge in [-0.2, -0.15) is 0 Å². The number of carboxylic acid groups (broad SMARTS) is 3. The molecule has 0 fully saturated rings. The third-order valence-electron chi connectivity index (χ3n) is 4.45. The van der Waals surface area contributed by atoms with Crippen LogP contribution in [-0.4, -0.2) is 17.9 Å². The van der Waals surface area contributed by atoms with E-state index in [4.69, 9.17) is 0 Å². The Kier molecular flexibility index (Phi) is 42.2. The fourth-order valence-corrected chi connectivity index (χ4v) is 2.62. The molecule has 0 heterocycles. The summed E-state index contributed by atoms with van der Waals surface area (Å²) in [5, 5.41) is 29.8. The SMILES string of the molecule is CCCCCCCC(=O)[O-].CCCCCCCC(=O)[O-].CCCCCCCC(=O)[O-].[Ce+3]. The number of aliphatic carboxylic acids is 3. The predicted octanol–water partition coefficient (Wildman–Crippen LogP) is 3.29. The van der Waals surface area contributed by atoms with Crippen LogP contribution in [0, 0.1) is 41.7 Å². The van der Waals surface area contributed by atoms with Gasteiger partial charge in [-0.15, -0.1) is 0 Å². The van der Waals surface area contributed by atoms with E-state index in [2.05, 4.69) is 20.8 Å². The summed E-state index contributed by atoms with van der Waals surface area (Å²) in [6, 6.07) is 0. The smallest absolute Gasteiger partial charge is 0.550 e. The molecule has 1 radical (unpaired) electrons. The molecule has 0 rings (SSSR count). The van der Waals surface area contributed by atoms with Crippen LogP contribution in [0.5, 0.6) is 0 Å². The Morgan fingerprint density at radius 2 is 0.613 bits per heavy atom. The molecular formula is C24H45CeO6. The van der Waals surface area contributed by atoms with Gasteiger partial charge in [0.15, 0.2) is 0 Å². The molecule has 0 aromatic rings. The molecule has 7 heteroatoms. The second kappa shape index (κ2) is 34.4. The van der Waals surface area contributed by atoms with E-state index in [9.17, 15) is 29.7 Å². The second-order valence-corrected chi connectivity index (χ2v) is 7.61. The first-order valence-corrected chi connectivity index (χ1v) is 11.9. The minimum absolute atomic E-state index is 0. The van der Waals surface area contributed by atoms with E-state index in [1.807, 2.05) is 0 Å². The number of carboxylic acids is 3. The zero-order valence-corrected chi connectivity index (χ0v) is 23.3. The molecule has 0 saturated heterocycles. The number of carbonyl (C=O) groups excluding carboxylic acids is 3. The molecule has 0 aliphatic carbocycles. The first-order chi connectivity index (χ1) is 14.3. The first kappa shape index (κ1) is 38.1. The van der Waals surface area contributed by atoms with Crippen LogP contribution in [0.1, 0.15) is 136 Å². The Bertz CT molecular complexity index is 331. The summed E-state index contributed by atoms with van der Waals surface area (Å²) in [6.45, 7) is 6.41. The van der Waals surface area contributed by atoms with Gasteiger partial charge in [0.25, 0.3) is 0 Å². The second-order valence-electron chi connectivity index (χ2n) is 7.61. The molecule has 0 unspecified atom stereocenters. The van der Waals surface area contributed by atoms with Crippen molar-refractivity contribution in [2.45, 2.75) is 136 Å². The topological polar surface area (TPSA) is 120 Å². The molecule has 0 aromatic carbocycles. The van der Waals surface area contributed by atoms with Crippen molar-refractivity contribution in [1.82, 2.24) is 0 Å². The van der Waals surface area contributed by atoms with Crippen LogP contribution in [0.15, 0.2) is 0 Å². The van der Waals surface area contributed by atoms with E-state index in [0.29, 0.717) is 0 Å². The maximum absolute atomic E-state index is 9.92. The summed E-state index contributed by atoms with van der Waals surface area (Å²) in [5.74, 6) is -2.76. The third-order valence-corrected chi connectivity index (χ3v) is 4.45. The Balaban J connectivity index is -0.000000174. The maximum Gasteiger partial charge on any atom is 3.00 e. The Morgan fingerprint density at radius 3 is 0.774 bits per heavy atom. The van der Waals surface area contributed by atoms with Gasteiger partial charge >= 0.3 is 41.7 Å². The number of rotatable bonds is 18. The molecule has 0 aliphatic heterocycles. The summed E-state index contributed by atoms with van der Waals surface area (Å²) in [7, 11) is 0. The number of hydrogen-bond donors (Lipinski definition) is 0. The molecule has 0 N–H and O–H groups in total. The fourth-order valence-electron chi connectivity index (χ4n) is 2.62. The van der Waals surface area contributed by atoms with Crippen LogP contribution < -0.4 is 15.3 Å². The van der Waals surface area contributed by atoms with E-state index in [1.165, 1.54) is 38.5 Å². The minimum Gasteiger partial charge on any atom is -0.550 e. The van der Waals surface area contributed by atoms with Crippen LogP contribution in [0.25, 0.3) is 0 Å².